The summed E-state index contributed by atoms with van der Waals surface area (Å²) >= 11 is -0.0838. The highest BCUT2D eigenvalue weighted by Crippen LogP contribution is 2.29. The Balaban J connectivity index is 2.29. The van der Waals surface area contributed by atoms with Crippen molar-refractivity contribution in [1.29, 1.82) is 0 Å². The van der Waals surface area contributed by atoms with E-state index in [9.17, 15) is 18.0 Å². The van der Waals surface area contributed by atoms with Gasteiger partial charge >= 0.3 is 5.51 Å². The van der Waals surface area contributed by atoms with E-state index in [4.69, 9.17) is 0 Å². The van der Waals surface area contributed by atoms with Gasteiger partial charge in [-0.2, -0.15) is 13.2 Å². The Morgan fingerprint density at radius 3 is 2.87 bits per heavy atom. The highest BCUT2D eigenvalue weighted by Gasteiger charge is 2.29. The van der Waals surface area contributed by atoms with Crippen molar-refractivity contribution < 1.29 is 18.0 Å². The van der Waals surface area contributed by atoms with Gasteiger partial charge in [-0.15, -0.1) is 0 Å². The van der Waals surface area contributed by atoms with Gasteiger partial charge in [0.2, 0.25) is 5.91 Å². The van der Waals surface area contributed by atoms with E-state index in [2.05, 4.69) is 5.32 Å². The average Bonchev–Trinajstić information content (AvgIpc) is 2.10. The molecule has 88 valence electrons. The molecule has 0 aromatic heterocycles. The first kappa shape index (κ1) is 12.6. The van der Waals surface area contributed by atoms with Crippen LogP contribution >= 0.6 is 11.8 Å². The molecule has 1 saturated heterocycles. The monoisotopic (exact) mass is 242 g/mol. The van der Waals surface area contributed by atoms with Crippen LogP contribution in [0.5, 0.6) is 0 Å². The Morgan fingerprint density at radius 1 is 1.60 bits per heavy atom. The Kier molecular flexibility index (Phi) is 4.27. The second-order valence-electron chi connectivity index (χ2n) is 3.30. The molecule has 0 saturated carbocycles. The lowest BCUT2D eigenvalue weighted by molar-refractivity contribution is -0.134. The molecule has 0 aromatic rings. The summed E-state index contributed by atoms with van der Waals surface area (Å²) < 4.78 is 35.5. The molecule has 1 atom stereocenters. The van der Waals surface area contributed by atoms with Crippen LogP contribution in [0.3, 0.4) is 0 Å². The molecule has 0 spiro atoms. The van der Waals surface area contributed by atoms with Gasteiger partial charge in [-0.05, 0) is 18.7 Å². The predicted molar refractivity (Wildman–Crippen MR) is 52.6 cm³/mol. The van der Waals surface area contributed by atoms with Crippen LogP contribution < -0.4 is 5.32 Å². The third-order valence-electron chi connectivity index (χ3n) is 2.14. The third-order valence-corrected chi connectivity index (χ3v) is 2.86. The molecule has 1 aliphatic rings. The maximum atomic E-state index is 11.8. The van der Waals surface area contributed by atoms with Gasteiger partial charge < -0.3 is 10.2 Å². The van der Waals surface area contributed by atoms with Crippen LogP contribution in [0, 0.1) is 0 Å². The van der Waals surface area contributed by atoms with Crippen LogP contribution in [0.15, 0.2) is 0 Å². The van der Waals surface area contributed by atoms with E-state index in [0.717, 1.165) is 0 Å². The van der Waals surface area contributed by atoms with Crippen molar-refractivity contribution in [2.24, 2.45) is 0 Å². The molecule has 1 aliphatic heterocycles. The molecule has 0 radical (unpaired) electrons. The molecule has 0 bridgehead atoms. The lowest BCUT2D eigenvalue weighted by Gasteiger charge is -2.31. The Hall–Kier alpha value is -0.430. The molecule has 1 heterocycles. The number of alkyl halides is 3. The quantitative estimate of drug-likeness (QED) is 0.803. The zero-order valence-electron chi connectivity index (χ0n) is 8.30. The van der Waals surface area contributed by atoms with Crippen LogP contribution in [0.2, 0.25) is 0 Å². The summed E-state index contributed by atoms with van der Waals surface area (Å²) in [5, 5.41) is 2.95. The molecule has 7 heteroatoms. The van der Waals surface area contributed by atoms with E-state index in [0.29, 0.717) is 13.1 Å². The van der Waals surface area contributed by atoms with Crippen LogP contribution in [0.1, 0.15) is 6.92 Å². The van der Waals surface area contributed by atoms with Gasteiger partial charge in [0.15, 0.2) is 0 Å². The molecule has 1 fully saturated rings. The number of hydrogen-bond acceptors (Lipinski definition) is 3. The first-order chi connectivity index (χ1) is 6.90. The fraction of sp³-hybridized carbons (Fsp3) is 0.875. The topological polar surface area (TPSA) is 32.3 Å². The first-order valence-electron chi connectivity index (χ1n) is 4.63. The Bertz CT molecular complexity index is 234. The number of carbonyl (C=O) groups is 1. The molecule has 0 aliphatic carbocycles. The van der Waals surface area contributed by atoms with Crippen LogP contribution in [-0.2, 0) is 4.79 Å². The van der Waals surface area contributed by atoms with E-state index in [1.807, 2.05) is 0 Å². The van der Waals surface area contributed by atoms with Crippen molar-refractivity contribution in [1.82, 2.24) is 10.2 Å². The number of nitrogens with one attached hydrogen (secondary N) is 1. The highest BCUT2D eigenvalue weighted by atomic mass is 32.2. The molecule has 1 N–H and O–H groups in total. The van der Waals surface area contributed by atoms with E-state index < -0.39 is 5.51 Å². The molecular weight excluding hydrogens is 229 g/mol. The Morgan fingerprint density at radius 2 is 2.27 bits per heavy atom. The number of nitrogens with zero attached hydrogens (tertiary/aromatic N) is 1. The van der Waals surface area contributed by atoms with Crippen LogP contribution in [0.25, 0.3) is 0 Å². The lowest BCUT2D eigenvalue weighted by atomic mass is 10.2. The summed E-state index contributed by atoms with van der Waals surface area (Å²) in [6.45, 7) is 3.01. The lowest BCUT2D eigenvalue weighted by Crippen LogP contribution is -2.54. The molecule has 0 aromatic carbocycles. The minimum atomic E-state index is -4.21. The van der Waals surface area contributed by atoms with E-state index >= 15 is 0 Å². The molecule has 1 rings (SSSR count). The maximum absolute atomic E-state index is 11.8. The van der Waals surface area contributed by atoms with Gasteiger partial charge in [-0.1, -0.05) is 0 Å². The zero-order chi connectivity index (χ0) is 11.5. The van der Waals surface area contributed by atoms with Crippen LogP contribution in [0.4, 0.5) is 13.2 Å². The van der Waals surface area contributed by atoms with Gasteiger partial charge in [0.1, 0.15) is 0 Å². The second-order valence-corrected chi connectivity index (χ2v) is 4.46. The van der Waals surface area contributed by atoms with Gasteiger partial charge in [-0.25, -0.2) is 0 Å². The number of carbonyl (C=O) groups excluding carboxylic acids is 1. The van der Waals surface area contributed by atoms with Crippen molar-refractivity contribution >= 4 is 17.7 Å². The summed E-state index contributed by atoms with van der Waals surface area (Å²) in [6, 6.07) is -0.283. The van der Waals surface area contributed by atoms with E-state index in [1.54, 1.807) is 6.92 Å². The summed E-state index contributed by atoms with van der Waals surface area (Å²) in [4.78, 5) is 12.9. The van der Waals surface area contributed by atoms with E-state index in [1.165, 1.54) is 4.90 Å². The van der Waals surface area contributed by atoms with Gasteiger partial charge in [-0.3, -0.25) is 4.79 Å². The standard InChI is InChI=1S/C8H13F3N2OS/c1-6-7(14)13(3-2-12-6)4-5-15-8(9,10)11/h6,12H,2-5H2,1H3. The number of piperazine rings is 1. The number of halogens is 3. The molecule has 15 heavy (non-hydrogen) atoms. The van der Waals surface area contributed by atoms with Crippen molar-refractivity contribution in [2.75, 3.05) is 25.4 Å². The van der Waals surface area contributed by atoms with Gasteiger partial charge in [0.25, 0.3) is 0 Å². The largest absolute Gasteiger partial charge is 0.441 e. The zero-order valence-corrected chi connectivity index (χ0v) is 9.12. The first-order valence-corrected chi connectivity index (χ1v) is 5.61. The normalized spacial score (nSPS) is 23.3. The van der Waals surface area contributed by atoms with Crippen molar-refractivity contribution in [2.45, 2.75) is 18.5 Å². The predicted octanol–water partition coefficient (Wildman–Crippen LogP) is 1.06. The van der Waals surface area contributed by atoms with Crippen molar-refractivity contribution in [3.63, 3.8) is 0 Å². The van der Waals surface area contributed by atoms with E-state index in [-0.39, 0.29) is 36.0 Å². The summed E-state index contributed by atoms with van der Waals surface area (Å²) in [6.07, 6.45) is 0. The van der Waals surface area contributed by atoms with Crippen LogP contribution in [-0.4, -0.2) is 47.7 Å². The summed E-state index contributed by atoms with van der Waals surface area (Å²) in [5.41, 5.74) is -4.21. The molecular formula is C8H13F3N2OS. The van der Waals surface area contributed by atoms with Crippen molar-refractivity contribution in [3.05, 3.63) is 0 Å². The molecule has 1 amide bonds. The minimum absolute atomic E-state index is 0.0838. The number of amides is 1. The van der Waals surface area contributed by atoms with Gasteiger partial charge in [0.05, 0.1) is 6.04 Å². The number of hydrogen-bond donors (Lipinski definition) is 1. The fourth-order valence-electron chi connectivity index (χ4n) is 1.38. The maximum Gasteiger partial charge on any atom is 0.441 e. The third kappa shape index (κ3) is 4.29. The van der Waals surface area contributed by atoms with Crippen molar-refractivity contribution in [3.8, 4) is 0 Å². The smallest absolute Gasteiger partial charge is 0.339 e. The second kappa shape index (κ2) is 5.07. The highest BCUT2D eigenvalue weighted by molar-refractivity contribution is 8.00. The summed E-state index contributed by atoms with van der Waals surface area (Å²) in [5.74, 6) is -0.217. The average molecular weight is 242 g/mol. The number of thioether (sulfide) groups is 1. The number of rotatable bonds is 3. The van der Waals surface area contributed by atoms with Gasteiger partial charge in [0, 0.05) is 25.4 Å². The summed E-state index contributed by atoms with van der Waals surface area (Å²) in [7, 11) is 0. The fourth-order valence-corrected chi connectivity index (χ4v) is 1.92. The SMILES string of the molecule is CC1NCCN(CCSC(F)(F)F)C1=O. The molecule has 1 unspecified atom stereocenters. The Labute approximate surface area is 90.4 Å². The minimum Gasteiger partial charge on any atom is -0.339 e. The molecule has 3 nitrogen and oxygen atoms in total.